The highest BCUT2D eigenvalue weighted by Crippen LogP contribution is 2.01. The second kappa shape index (κ2) is 14.2. The smallest absolute Gasteiger partial charge is 0.306 e. The van der Waals surface area contributed by atoms with Gasteiger partial charge in [-0.2, -0.15) is 0 Å². The van der Waals surface area contributed by atoms with E-state index in [9.17, 15) is 9.59 Å². The van der Waals surface area contributed by atoms with E-state index in [1.54, 1.807) is 12.2 Å². The van der Waals surface area contributed by atoms with Gasteiger partial charge in [0.1, 0.15) is 12.7 Å². The lowest BCUT2D eigenvalue weighted by Gasteiger charge is -2.15. The lowest BCUT2D eigenvalue weighted by Crippen LogP contribution is -2.27. The molecule has 7 nitrogen and oxygen atoms in total. The molecule has 0 aromatic carbocycles. The van der Waals surface area contributed by atoms with Crippen LogP contribution < -0.4 is 0 Å². The van der Waals surface area contributed by atoms with Crippen molar-refractivity contribution in [3.63, 3.8) is 0 Å². The highest BCUT2D eigenvalue weighted by molar-refractivity contribution is 5.77. The van der Waals surface area contributed by atoms with Crippen LogP contribution in [0.25, 0.3) is 0 Å². The number of aliphatic hydroxyl groups is 1. The summed E-state index contributed by atoms with van der Waals surface area (Å²) in [6.07, 6.45) is 2.17. The topological polar surface area (TPSA) is 91.3 Å². The van der Waals surface area contributed by atoms with E-state index in [0.717, 1.165) is 0 Å². The summed E-state index contributed by atoms with van der Waals surface area (Å²) in [7, 11) is 0. The van der Waals surface area contributed by atoms with Crippen LogP contribution in [0.2, 0.25) is 0 Å². The average molecular weight is 316 g/mol. The summed E-state index contributed by atoms with van der Waals surface area (Å²) in [4.78, 5) is 22.9. The van der Waals surface area contributed by atoms with Gasteiger partial charge >= 0.3 is 11.9 Å². The van der Waals surface area contributed by atoms with E-state index in [-0.39, 0.29) is 39.3 Å². The Morgan fingerprint density at radius 3 is 2.27 bits per heavy atom. The van der Waals surface area contributed by atoms with Crippen molar-refractivity contribution >= 4 is 11.9 Å². The minimum atomic E-state index is -0.754. The monoisotopic (exact) mass is 316 g/mol. The van der Waals surface area contributed by atoms with E-state index in [2.05, 4.69) is 13.2 Å². The van der Waals surface area contributed by atoms with Crippen molar-refractivity contribution in [3.05, 3.63) is 25.3 Å². The molecular formula is C15H24O7. The van der Waals surface area contributed by atoms with Crippen LogP contribution in [0.15, 0.2) is 25.3 Å². The third kappa shape index (κ3) is 12.1. The Balaban J connectivity index is 3.74. The van der Waals surface area contributed by atoms with Crippen LogP contribution in [0.4, 0.5) is 0 Å². The van der Waals surface area contributed by atoms with Gasteiger partial charge in [0.15, 0.2) is 0 Å². The highest BCUT2D eigenvalue weighted by Gasteiger charge is 2.15. The SMILES string of the molecule is C=CCOCCOC(=O)CCC(=O)OC(CO)COCC=C. The van der Waals surface area contributed by atoms with E-state index in [1.807, 2.05) is 0 Å². The number of aliphatic hydroxyl groups excluding tert-OH is 1. The Hall–Kier alpha value is -1.70. The van der Waals surface area contributed by atoms with Gasteiger partial charge in [-0.1, -0.05) is 12.2 Å². The van der Waals surface area contributed by atoms with Gasteiger partial charge in [-0.3, -0.25) is 9.59 Å². The average Bonchev–Trinajstić information content (AvgIpc) is 2.52. The number of ether oxygens (including phenoxy) is 4. The molecule has 22 heavy (non-hydrogen) atoms. The van der Waals surface area contributed by atoms with Gasteiger partial charge in [-0.05, 0) is 0 Å². The van der Waals surface area contributed by atoms with Crippen molar-refractivity contribution in [2.45, 2.75) is 18.9 Å². The maximum Gasteiger partial charge on any atom is 0.306 e. The number of hydrogen-bond acceptors (Lipinski definition) is 7. The van der Waals surface area contributed by atoms with Crippen molar-refractivity contribution in [2.75, 3.05) is 39.6 Å². The van der Waals surface area contributed by atoms with Gasteiger partial charge in [-0.15, -0.1) is 13.2 Å². The summed E-state index contributed by atoms with van der Waals surface area (Å²) in [5.74, 6) is -1.11. The number of hydrogen-bond donors (Lipinski definition) is 1. The van der Waals surface area contributed by atoms with Gasteiger partial charge in [0, 0.05) is 0 Å². The molecule has 0 rings (SSSR count). The molecule has 0 aromatic rings. The van der Waals surface area contributed by atoms with Crippen molar-refractivity contribution in [1.29, 1.82) is 0 Å². The quantitative estimate of drug-likeness (QED) is 0.285. The van der Waals surface area contributed by atoms with Crippen LogP contribution in [-0.2, 0) is 28.5 Å². The molecule has 0 saturated carbocycles. The predicted octanol–water partition coefficient (Wildman–Crippen LogP) is 0.619. The van der Waals surface area contributed by atoms with Crippen LogP contribution in [0.5, 0.6) is 0 Å². The fourth-order valence-corrected chi connectivity index (χ4v) is 1.31. The zero-order valence-electron chi connectivity index (χ0n) is 12.7. The van der Waals surface area contributed by atoms with Gasteiger partial charge in [0.25, 0.3) is 0 Å². The van der Waals surface area contributed by atoms with Crippen molar-refractivity contribution in [3.8, 4) is 0 Å². The maximum atomic E-state index is 11.5. The Labute approximate surface area is 130 Å². The molecule has 126 valence electrons. The van der Waals surface area contributed by atoms with E-state index in [1.165, 1.54) is 0 Å². The summed E-state index contributed by atoms with van der Waals surface area (Å²) < 4.78 is 19.9. The van der Waals surface area contributed by atoms with Crippen molar-refractivity contribution in [1.82, 2.24) is 0 Å². The van der Waals surface area contributed by atoms with Crippen LogP contribution in [0.1, 0.15) is 12.8 Å². The summed E-state index contributed by atoms with van der Waals surface area (Å²) in [6.45, 7) is 7.75. The molecule has 0 amide bonds. The van der Waals surface area contributed by atoms with Gasteiger partial charge in [-0.25, -0.2) is 0 Å². The first-order valence-corrected chi connectivity index (χ1v) is 6.97. The molecule has 1 atom stereocenters. The zero-order chi connectivity index (χ0) is 16.6. The third-order valence-electron chi connectivity index (χ3n) is 2.30. The van der Waals surface area contributed by atoms with Crippen molar-refractivity contribution < 1.29 is 33.6 Å². The van der Waals surface area contributed by atoms with E-state index < -0.39 is 18.0 Å². The number of carbonyl (C=O) groups excluding carboxylic acids is 2. The lowest BCUT2D eigenvalue weighted by molar-refractivity contribution is -0.157. The van der Waals surface area contributed by atoms with Gasteiger partial charge in [0.2, 0.25) is 0 Å². The minimum Gasteiger partial charge on any atom is -0.463 e. The standard InChI is InChI=1S/C15H24O7/c1-3-7-19-9-10-21-14(17)5-6-15(18)22-13(11-16)12-20-8-4-2/h3-4,13,16H,1-2,5-12H2. The first kappa shape index (κ1) is 20.3. The Morgan fingerprint density at radius 2 is 1.64 bits per heavy atom. The van der Waals surface area contributed by atoms with Crippen LogP contribution in [0.3, 0.4) is 0 Å². The molecule has 0 aliphatic carbocycles. The molecule has 0 saturated heterocycles. The largest absolute Gasteiger partial charge is 0.463 e. The van der Waals surface area contributed by atoms with E-state index >= 15 is 0 Å². The Bertz CT molecular complexity index is 341. The van der Waals surface area contributed by atoms with Gasteiger partial charge < -0.3 is 24.1 Å². The van der Waals surface area contributed by atoms with Crippen molar-refractivity contribution in [2.24, 2.45) is 0 Å². The number of carbonyl (C=O) groups is 2. The fourth-order valence-electron chi connectivity index (χ4n) is 1.31. The molecular weight excluding hydrogens is 292 g/mol. The number of rotatable bonds is 14. The molecule has 7 heteroatoms. The molecule has 0 aliphatic rings. The maximum absolute atomic E-state index is 11.5. The summed E-state index contributed by atoms with van der Waals surface area (Å²) in [5, 5.41) is 9.04. The predicted molar refractivity (Wildman–Crippen MR) is 79.2 cm³/mol. The summed E-state index contributed by atoms with van der Waals surface area (Å²) in [6, 6.07) is 0. The van der Waals surface area contributed by atoms with Crippen LogP contribution in [0, 0.1) is 0 Å². The molecule has 0 aliphatic heterocycles. The van der Waals surface area contributed by atoms with E-state index in [4.69, 9.17) is 24.1 Å². The minimum absolute atomic E-state index is 0.0688. The van der Waals surface area contributed by atoms with Crippen LogP contribution in [-0.4, -0.2) is 62.8 Å². The first-order chi connectivity index (χ1) is 10.6. The molecule has 0 heterocycles. The summed E-state index contributed by atoms with van der Waals surface area (Å²) in [5.41, 5.74) is 0. The molecule has 0 fully saturated rings. The molecule has 0 radical (unpaired) electrons. The molecule has 1 N–H and O–H groups in total. The Morgan fingerprint density at radius 1 is 1.00 bits per heavy atom. The highest BCUT2D eigenvalue weighted by atomic mass is 16.6. The van der Waals surface area contributed by atoms with E-state index in [0.29, 0.717) is 13.2 Å². The lowest BCUT2D eigenvalue weighted by atomic mass is 10.3. The van der Waals surface area contributed by atoms with Crippen LogP contribution >= 0.6 is 0 Å². The zero-order valence-corrected chi connectivity index (χ0v) is 12.7. The molecule has 1 unspecified atom stereocenters. The second-order valence-electron chi connectivity index (χ2n) is 4.20. The van der Waals surface area contributed by atoms with Gasteiger partial charge in [0.05, 0.1) is 45.9 Å². The third-order valence-corrected chi connectivity index (χ3v) is 2.30. The fraction of sp³-hybridized carbons (Fsp3) is 0.600. The second-order valence-corrected chi connectivity index (χ2v) is 4.20. The molecule has 0 bridgehead atoms. The molecule has 0 spiro atoms. The first-order valence-electron chi connectivity index (χ1n) is 6.97. The molecule has 0 aromatic heterocycles. The Kier molecular flexibility index (Phi) is 13.1. The summed E-state index contributed by atoms with van der Waals surface area (Å²) >= 11 is 0. The normalized spacial score (nSPS) is 11.5. The number of esters is 2.